The molecule has 0 amide bonds. The maximum absolute atomic E-state index is 14.2. The van der Waals surface area contributed by atoms with Gasteiger partial charge in [-0.3, -0.25) is 19.2 Å². The van der Waals surface area contributed by atoms with E-state index in [1.165, 1.54) is 0 Å². The molecule has 0 aromatic heterocycles. The van der Waals surface area contributed by atoms with Gasteiger partial charge in [-0.1, -0.05) is 53.2 Å². The zero-order chi connectivity index (χ0) is 26.0. The van der Waals surface area contributed by atoms with Gasteiger partial charge in [0.05, 0.1) is 6.42 Å². The first-order valence-electron chi connectivity index (χ1n) is 13.2. The van der Waals surface area contributed by atoms with Crippen LogP contribution in [-0.4, -0.2) is 28.9 Å². The van der Waals surface area contributed by atoms with Crippen molar-refractivity contribution in [2.45, 2.75) is 93.1 Å². The molecule has 5 nitrogen and oxygen atoms in total. The van der Waals surface area contributed by atoms with Gasteiger partial charge >= 0.3 is 5.97 Å². The van der Waals surface area contributed by atoms with Crippen LogP contribution in [0.15, 0.2) is 23.8 Å². The average molecular weight is 481 g/mol. The van der Waals surface area contributed by atoms with Crippen molar-refractivity contribution in [2.75, 3.05) is 0 Å². The Hall–Kier alpha value is -2.04. The van der Waals surface area contributed by atoms with Crippen molar-refractivity contribution in [2.24, 2.45) is 44.8 Å². The third-order valence-corrected chi connectivity index (χ3v) is 11.4. The van der Waals surface area contributed by atoms with E-state index in [4.69, 9.17) is 4.74 Å². The maximum Gasteiger partial charge on any atom is 0.306 e. The van der Waals surface area contributed by atoms with Crippen LogP contribution >= 0.6 is 0 Å². The monoisotopic (exact) mass is 480 g/mol. The van der Waals surface area contributed by atoms with Gasteiger partial charge in [0.1, 0.15) is 11.4 Å². The van der Waals surface area contributed by atoms with Crippen molar-refractivity contribution in [3.05, 3.63) is 23.8 Å². The number of cyclic esters (lactones) is 1. The highest BCUT2D eigenvalue weighted by Gasteiger charge is 2.72. The molecule has 1 aliphatic heterocycles. The van der Waals surface area contributed by atoms with E-state index in [1.807, 2.05) is 46.8 Å². The predicted molar refractivity (Wildman–Crippen MR) is 132 cm³/mol. The summed E-state index contributed by atoms with van der Waals surface area (Å²) in [6.45, 7) is 16.2. The van der Waals surface area contributed by atoms with Crippen molar-refractivity contribution >= 4 is 23.3 Å². The third kappa shape index (κ3) is 2.93. The van der Waals surface area contributed by atoms with E-state index < -0.39 is 33.2 Å². The van der Waals surface area contributed by atoms with E-state index in [0.29, 0.717) is 19.3 Å². The molecule has 0 aromatic rings. The van der Waals surface area contributed by atoms with Crippen LogP contribution in [0, 0.1) is 44.8 Å². The van der Waals surface area contributed by atoms with Gasteiger partial charge in [-0.05, 0) is 62.5 Å². The molecule has 5 heteroatoms. The predicted octanol–water partition coefficient (Wildman–Crippen LogP) is 5.42. The van der Waals surface area contributed by atoms with E-state index in [1.54, 1.807) is 6.08 Å². The molecular formula is C30H40O5. The summed E-state index contributed by atoms with van der Waals surface area (Å²) in [4.78, 5) is 53.9. The highest BCUT2D eigenvalue weighted by molar-refractivity contribution is 6.05. The topological polar surface area (TPSA) is 77.5 Å². The van der Waals surface area contributed by atoms with Gasteiger partial charge in [0.2, 0.25) is 0 Å². The number of rotatable bonds is 0. The van der Waals surface area contributed by atoms with Crippen LogP contribution in [0.3, 0.4) is 0 Å². The van der Waals surface area contributed by atoms with Gasteiger partial charge in [0.25, 0.3) is 0 Å². The molecular weight excluding hydrogens is 440 g/mol. The number of esters is 1. The summed E-state index contributed by atoms with van der Waals surface area (Å²) in [6, 6.07) is 0. The molecule has 0 N–H and O–H groups in total. The Labute approximate surface area is 209 Å². The minimum absolute atomic E-state index is 0.00567. The summed E-state index contributed by atoms with van der Waals surface area (Å²) in [6.07, 6.45) is 8.26. The van der Waals surface area contributed by atoms with Crippen molar-refractivity contribution in [3.63, 3.8) is 0 Å². The quantitative estimate of drug-likeness (QED) is 0.433. The second-order valence-corrected chi connectivity index (χ2v) is 14.3. The van der Waals surface area contributed by atoms with E-state index >= 15 is 0 Å². The zero-order valence-electron chi connectivity index (χ0n) is 22.5. The number of fused-ring (bicyclic) bond motifs is 7. The summed E-state index contributed by atoms with van der Waals surface area (Å²) in [5.41, 5.74) is -2.55. The first kappa shape index (κ1) is 24.6. The molecule has 7 atom stereocenters. The Morgan fingerprint density at radius 2 is 1.57 bits per heavy atom. The van der Waals surface area contributed by atoms with Crippen LogP contribution in [0.4, 0.5) is 0 Å². The number of hydrogen-bond donors (Lipinski definition) is 0. The first-order valence-corrected chi connectivity index (χ1v) is 13.2. The second kappa shape index (κ2) is 6.83. The number of ketones is 3. The van der Waals surface area contributed by atoms with Gasteiger partial charge in [0.15, 0.2) is 11.6 Å². The number of Topliss-reactive ketones (excluding diaryl/α,β-unsaturated/α-hetero) is 1. The van der Waals surface area contributed by atoms with Crippen molar-refractivity contribution in [1.29, 1.82) is 0 Å². The number of carbonyl (C=O) groups is 4. The van der Waals surface area contributed by atoms with Crippen LogP contribution < -0.4 is 0 Å². The van der Waals surface area contributed by atoms with Gasteiger partial charge in [-0.2, -0.15) is 0 Å². The SMILES string of the molecule is CC1(C)C[C@@H]2C3=CC(=O)[C@@H]4[C@@]5(C)C=CC(=O)C(C)(C)[C@@H]5CC(=O)[C@@]4(C)[C@]3(C)CC[C@@]2(C)CC(=O)O1. The summed E-state index contributed by atoms with van der Waals surface area (Å²) < 4.78 is 5.81. The van der Waals surface area contributed by atoms with Crippen LogP contribution in [-0.2, 0) is 23.9 Å². The summed E-state index contributed by atoms with van der Waals surface area (Å²) in [5, 5.41) is 0. The number of hydrogen-bond acceptors (Lipinski definition) is 5. The van der Waals surface area contributed by atoms with Crippen LogP contribution in [0.2, 0.25) is 0 Å². The Balaban J connectivity index is 1.71. The Kier molecular flexibility index (Phi) is 4.81. The normalized spacial score (nSPS) is 48.0. The highest BCUT2D eigenvalue weighted by atomic mass is 16.6. The second-order valence-electron chi connectivity index (χ2n) is 14.3. The fourth-order valence-corrected chi connectivity index (χ4v) is 9.15. The molecule has 0 aromatic carbocycles. The van der Waals surface area contributed by atoms with Crippen molar-refractivity contribution in [1.82, 2.24) is 0 Å². The minimum Gasteiger partial charge on any atom is -0.460 e. The van der Waals surface area contributed by atoms with Gasteiger partial charge in [-0.25, -0.2) is 0 Å². The molecule has 0 radical (unpaired) electrons. The molecule has 0 bridgehead atoms. The smallest absolute Gasteiger partial charge is 0.306 e. The Morgan fingerprint density at radius 1 is 0.914 bits per heavy atom. The number of carbonyl (C=O) groups excluding carboxylic acids is 4. The zero-order valence-corrected chi connectivity index (χ0v) is 22.5. The van der Waals surface area contributed by atoms with Gasteiger partial charge in [0, 0.05) is 34.0 Å². The van der Waals surface area contributed by atoms with E-state index in [0.717, 1.165) is 18.4 Å². The van der Waals surface area contributed by atoms with E-state index in [2.05, 4.69) is 20.8 Å². The molecule has 5 aliphatic rings. The third-order valence-electron chi connectivity index (χ3n) is 11.4. The lowest BCUT2D eigenvalue weighted by Crippen LogP contribution is -2.68. The van der Waals surface area contributed by atoms with E-state index in [9.17, 15) is 19.2 Å². The van der Waals surface area contributed by atoms with Crippen molar-refractivity contribution in [3.8, 4) is 0 Å². The molecule has 0 spiro atoms. The molecule has 190 valence electrons. The molecule has 1 heterocycles. The summed E-state index contributed by atoms with van der Waals surface area (Å²) in [5.74, 6) is -0.792. The molecule has 5 rings (SSSR count). The Bertz CT molecular complexity index is 1120. The van der Waals surface area contributed by atoms with Gasteiger partial charge in [-0.15, -0.1) is 0 Å². The summed E-state index contributed by atoms with van der Waals surface area (Å²) in [7, 11) is 0. The molecule has 3 fully saturated rings. The molecule has 35 heavy (non-hydrogen) atoms. The van der Waals surface area contributed by atoms with Crippen LogP contribution in [0.5, 0.6) is 0 Å². The fraction of sp³-hybridized carbons (Fsp3) is 0.733. The number of ether oxygens (including phenoxy) is 1. The minimum atomic E-state index is -0.872. The van der Waals surface area contributed by atoms with Crippen LogP contribution in [0.25, 0.3) is 0 Å². The standard InChI is InChI=1S/C30H40O5/c1-25(2)15-18-17-13-19(31)24-28(6)10-9-21(32)26(3,4)20(28)14-22(33)30(24,8)29(17,7)12-11-27(18,5)16-23(34)35-25/h9-10,13,18,20,24H,11-12,14-16H2,1-8H3/t18-,20+,24-,27+,28+,29-,30-/m1/s1. The maximum atomic E-state index is 14.2. The summed E-state index contributed by atoms with van der Waals surface area (Å²) >= 11 is 0. The lowest BCUT2D eigenvalue weighted by Gasteiger charge is -2.67. The lowest BCUT2D eigenvalue weighted by atomic mass is 9.34. The van der Waals surface area contributed by atoms with Gasteiger partial charge < -0.3 is 4.74 Å². The molecule has 2 saturated carbocycles. The van der Waals surface area contributed by atoms with Crippen molar-refractivity contribution < 1.29 is 23.9 Å². The lowest BCUT2D eigenvalue weighted by molar-refractivity contribution is -0.178. The number of allylic oxidation sites excluding steroid dienone is 4. The van der Waals surface area contributed by atoms with E-state index in [-0.39, 0.29) is 40.6 Å². The Morgan fingerprint density at radius 3 is 2.23 bits per heavy atom. The molecule has 1 saturated heterocycles. The molecule has 0 unspecified atom stereocenters. The van der Waals surface area contributed by atoms with Crippen LogP contribution in [0.1, 0.15) is 87.5 Å². The highest BCUT2D eigenvalue weighted by Crippen LogP contribution is 2.72. The average Bonchev–Trinajstić information content (AvgIpc) is 2.81. The fourth-order valence-electron chi connectivity index (χ4n) is 9.15. The first-order chi connectivity index (χ1) is 15.9. The largest absolute Gasteiger partial charge is 0.460 e. The molecule has 4 aliphatic carbocycles.